The van der Waals surface area contributed by atoms with Gasteiger partial charge in [-0.15, -0.1) is 0 Å². The second-order valence-corrected chi connectivity index (χ2v) is 6.13. The van der Waals surface area contributed by atoms with E-state index in [4.69, 9.17) is 16.2 Å². The Balaban J connectivity index is 1.93. The quantitative estimate of drug-likeness (QED) is 0.596. The molecular weight excluding hydrogens is 342 g/mol. The number of nitrogens with two attached hydrogens (primary N) is 2. The lowest BCUT2D eigenvalue weighted by atomic mass is 10.1. The molecule has 0 atom stereocenters. The Labute approximate surface area is 157 Å². The summed E-state index contributed by atoms with van der Waals surface area (Å²) in [4.78, 5) is 12.9. The molecule has 0 saturated carbocycles. The van der Waals surface area contributed by atoms with Crippen LogP contribution in [0.4, 0.5) is 5.69 Å². The molecular formula is C20H23N5O2. The molecule has 0 saturated heterocycles. The lowest BCUT2D eigenvalue weighted by Gasteiger charge is -2.11. The van der Waals surface area contributed by atoms with Crippen LogP contribution < -0.4 is 21.5 Å². The van der Waals surface area contributed by atoms with Crippen molar-refractivity contribution in [3.05, 3.63) is 60.3 Å². The molecule has 27 heavy (non-hydrogen) atoms. The molecule has 0 spiro atoms. The van der Waals surface area contributed by atoms with Crippen molar-refractivity contribution in [3.63, 3.8) is 0 Å². The van der Waals surface area contributed by atoms with Gasteiger partial charge in [0, 0.05) is 28.9 Å². The van der Waals surface area contributed by atoms with Crippen molar-refractivity contribution in [1.82, 2.24) is 9.78 Å². The van der Waals surface area contributed by atoms with Crippen molar-refractivity contribution >= 4 is 28.2 Å². The van der Waals surface area contributed by atoms with Crippen LogP contribution in [-0.4, -0.2) is 29.3 Å². The molecule has 140 valence electrons. The number of aromatic nitrogens is 2. The second kappa shape index (κ2) is 7.92. The third-order valence-corrected chi connectivity index (χ3v) is 4.25. The van der Waals surface area contributed by atoms with Gasteiger partial charge in [-0.05, 0) is 37.2 Å². The summed E-state index contributed by atoms with van der Waals surface area (Å²) in [7, 11) is 1.56. The number of para-hydroxylation sites is 1. The van der Waals surface area contributed by atoms with E-state index in [0.29, 0.717) is 41.5 Å². The molecule has 0 aliphatic heterocycles. The summed E-state index contributed by atoms with van der Waals surface area (Å²) in [5.41, 5.74) is 14.3. The first-order valence-corrected chi connectivity index (χ1v) is 8.65. The molecule has 2 aromatic carbocycles. The van der Waals surface area contributed by atoms with Crippen molar-refractivity contribution in [1.29, 1.82) is 0 Å². The molecule has 3 aromatic rings. The summed E-state index contributed by atoms with van der Waals surface area (Å²) in [6, 6.07) is 12.9. The Hall–Kier alpha value is -3.32. The van der Waals surface area contributed by atoms with Crippen LogP contribution in [0.2, 0.25) is 0 Å². The predicted octanol–water partition coefficient (Wildman–Crippen LogP) is 2.58. The molecule has 5 N–H and O–H groups in total. The third kappa shape index (κ3) is 3.78. The van der Waals surface area contributed by atoms with Gasteiger partial charge in [-0.1, -0.05) is 24.8 Å². The van der Waals surface area contributed by atoms with E-state index in [1.807, 2.05) is 28.9 Å². The molecule has 0 fully saturated rings. The van der Waals surface area contributed by atoms with Crippen LogP contribution in [0.15, 0.2) is 49.0 Å². The molecule has 0 unspecified atom stereocenters. The minimum atomic E-state index is -0.295. The standard InChI is InChI=1S/C20H23N5O2/c1-13(22)16-12-14(8-9-18(16)27-2)23-20(26)19-15-6-3-4-7-17(15)25(24-19)11-5-10-21/h3-4,6-9,12H,1,5,10-11,21-22H2,2H3,(H,23,26). The minimum Gasteiger partial charge on any atom is -0.496 e. The topological polar surface area (TPSA) is 108 Å². The summed E-state index contributed by atoms with van der Waals surface area (Å²) in [5.74, 6) is 0.300. The highest BCUT2D eigenvalue weighted by Gasteiger charge is 2.17. The fourth-order valence-corrected chi connectivity index (χ4v) is 2.93. The van der Waals surface area contributed by atoms with Gasteiger partial charge in [-0.25, -0.2) is 0 Å². The molecule has 7 heteroatoms. The highest BCUT2D eigenvalue weighted by molar-refractivity contribution is 6.11. The monoisotopic (exact) mass is 365 g/mol. The van der Waals surface area contributed by atoms with E-state index < -0.39 is 0 Å². The number of hydrogen-bond acceptors (Lipinski definition) is 5. The SMILES string of the molecule is C=C(N)c1cc(NC(=O)c2nn(CCCN)c3ccccc23)ccc1OC. The number of methoxy groups -OCH3 is 1. The minimum absolute atomic E-state index is 0.295. The van der Waals surface area contributed by atoms with Crippen molar-refractivity contribution in [2.75, 3.05) is 19.0 Å². The highest BCUT2D eigenvalue weighted by Crippen LogP contribution is 2.27. The largest absolute Gasteiger partial charge is 0.496 e. The number of nitrogens with one attached hydrogen (secondary N) is 1. The van der Waals surface area contributed by atoms with Crippen LogP contribution in [0.1, 0.15) is 22.5 Å². The van der Waals surface area contributed by atoms with Gasteiger partial charge < -0.3 is 21.5 Å². The van der Waals surface area contributed by atoms with Crippen molar-refractivity contribution < 1.29 is 9.53 Å². The van der Waals surface area contributed by atoms with Gasteiger partial charge in [0.2, 0.25) is 0 Å². The van der Waals surface area contributed by atoms with Crippen LogP contribution in [-0.2, 0) is 6.54 Å². The van der Waals surface area contributed by atoms with Crippen molar-refractivity contribution in [2.45, 2.75) is 13.0 Å². The van der Waals surface area contributed by atoms with E-state index in [-0.39, 0.29) is 5.91 Å². The summed E-state index contributed by atoms with van der Waals surface area (Å²) < 4.78 is 7.09. The zero-order chi connectivity index (χ0) is 19.4. The number of benzene rings is 2. The average Bonchev–Trinajstić information content (AvgIpc) is 3.05. The van der Waals surface area contributed by atoms with Gasteiger partial charge in [-0.2, -0.15) is 5.10 Å². The molecule has 0 aliphatic rings. The molecule has 1 amide bonds. The van der Waals surface area contributed by atoms with Crippen LogP contribution >= 0.6 is 0 Å². The molecule has 1 aromatic heterocycles. The summed E-state index contributed by atoms with van der Waals surface area (Å²) in [6.07, 6.45) is 0.785. The smallest absolute Gasteiger partial charge is 0.276 e. The number of carbonyl (C=O) groups excluding carboxylic acids is 1. The van der Waals surface area contributed by atoms with Gasteiger partial charge in [-0.3, -0.25) is 9.48 Å². The molecule has 0 radical (unpaired) electrons. The first kappa shape index (κ1) is 18.5. The number of fused-ring (bicyclic) bond motifs is 1. The van der Waals surface area contributed by atoms with E-state index in [1.54, 1.807) is 25.3 Å². The number of aryl methyl sites for hydroxylation is 1. The van der Waals surface area contributed by atoms with Gasteiger partial charge in [0.25, 0.3) is 5.91 Å². The van der Waals surface area contributed by atoms with E-state index >= 15 is 0 Å². The van der Waals surface area contributed by atoms with E-state index in [2.05, 4.69) is 17.0 Å². The number of carbonyl (C=O) groups is 1. The first-order valence-electron chi connectivity index (χ1n) is 8.65. The Morgan fingerprint density at radius 3 is 2.78 bits per heavy atom. The lowest BCUT2D eigenvalue weighted by Crippen LogP contribution is -2.14. The fraction of sp³-hybridized carbons (Fsp3) is 0.200. The van der Waals surface area contributed by atoms with Gasteiger partial charge in [0.1, 0.15) is 5.75 Å². The normalized spacial score (nSPS) is 10.7. The number of ether oxygens (including phenoxy) is 1. The zero-order valence-corrected chi connectivity index (χ0v) is 15.2. The summed E-state index contributed by atoms with van der Waals surface area (Å²) in [5, 5.41) is 8.17. The Kier molecular flexibility index (Phi) is 5.42. The number of rotatable bonds is 7. The van der Waals surface area contributed by atoms with Crippen LogP contribution in [0.3, 0.4) is 0 Å². The molecule has 0 bridgehead atoms. The van der Waals surface area contributed by atoms with Crippen LogP contribution in [0.25, 0.3) is 16.6 Å². The maximum atomic E-state index is 12.9. The summed E-state index contributed by atoms with van der Waals surface area (Å²) in [6.45, 7) is 4.96. The number of anilines is 1. The molecule has 1 heterocycles. The van der Waals surface area contributed by atoms with Crippen molar-refractivity contribution in [3.8, 4) is 5.75 Å². The van der Waals surface area contributed by atoms with Gasteiger partial charge in [0.05, 0.1) is 12.6 Å². The van der Waals surface area contributed by atoms with Crippen molar-refractivity contribution in [2.24, 2.45) is 11.5 Å². The third-order valence-electron chi connectivity index (χ3n) is 4.25. The highest BCUT2D eigenvalue weighted by atomic mass is 16.5. The number of hydrogen-bond donors (Lipinski definition) is 3. The predicted molar refractivity (Wildman–Crippen MR) is 108 cm³/mol. The summed E-state index contributed by atoms with van der Waals surface area (Å²) >= 11 is 0. The lowest BCUT2D eigenvalue weighted by molar-refractivity contribution is 0.102. The van der Waals surface area contributed by atoms with Gasteiger partial charge in [0.15, 0.2) is 5.69 Å². The molecule has 7 nitrogen and oxygen atoms in total. The van der Waals surface area contributed by atoms with Crippen LogP contribution in [0, 0.1) is 0 Å². The molecule has 3 rings (SSSR count). The van der Waals surface area contributed by atoms with Gasteiger partial charge >= 0.3 is 0 Å². The Morgan fingerprint density at radius 2 is 2.07 bits per heavy atom. The maximum Gasteiger partial charge on any atom is 0.276 e. The molecule has 0 aliphatic carbocycles. The maximum absolute atomic E-state index is 12.9. The Bertz CT molecular complexity index is 993. The van der Waals surface area contributed by atoms with E-state index in [9.17, 15) is 4.79 Å². The Morgan fingerprint density at radius 1 is 1.30 bits per heavy atom. The van der Waals surface area contributed by atoms with E-state index in [0.717, 1.165) is 17.3 Å². The van der Waals surface area contributed by atoms with E-state index in [1.165, 1.54) is 0 Å². The zero-order valence-electron chi connectivity index (χ0n) is 15.2. The van der Waals surface area contributed by atoms with Crippen LogP contribution in [0.5, 0.6) is 5.75 Å². The first-order chi connectivity index (χ1) is 13.0. The number of nitrogens with zero attached hydrogens (tertiary/aromatic N) is 2. The average molecular weight is 365 g/mol. The number of amides is 1. The fourth-order valence-electron chi connectivity index (χ4n) is 2.93. The second-order valence-electron chi connectivity index (χ2n) is 6.13.